The van der Waals surface area contributed by atoms with Gasteiger partial charge in [0.05, 0.1) is 23.0 Å². The van der Waals surface area contributed by atoms with Crippen molar-refractivity contribution >= 4 is 39.9 Å². The first-order chi connectivity index (χ1) is 22.3. The molecule has 16 heteroatoms. The van der Waals surface area contributed by atoms with Crippen molar-refractivity contribution in [2.45, 2.75) is 11.3 Å². The first-order valence-corrected chi connectivity index (χ1v) is 14.5. The van der Waals surface area contributed by atoms with Crippen LogP contribution in [0.3, 0.4) is 0 Å². The molecule has 0 saturated heterocycles. The first-order valence-electron chi connectivity index (χ1n) is 13.5. The monoisotopic (exact) mass is 615 g/mol. The molecule has 8 aromatic rings. The number of imidazole rings is 1. The van der Waals surface area contributed by atoms with Crippen LogP contribution in [0.1, 0.15) is 0 Å². The number of nitrogens with zero attached hydrogens (tertiary/aromatic N) is 15. The molecule has 0 saturated carbocycles. The van der Waals surface area contributed by atoms with Crippen molar-refractivity contribution in [3.8, 4) is 0 Å². The van der Waals surface area contributed by atoms with Gasteiger partial charge in [-0.15, -0.1) is 21.5 Å². The number of fused-ring (bicyclic) bond motifs is 5. The van der Waals surface area contributed by atoms with Gasteiger partial charge in [-0.25, -0.2) is 33.5 Å². The Bertz CT molecular complexity index is 1770. The molecule has 2 unspecified atom stereocenters. The molecule has 9 heterocycles. The molecule has 10 rings (SSSR count). The highest BCUT2D eigenvalue weighted by Crippen LogP contribution is 2.26. The van der Waals surface area contributed by atoms with Crippen LogP contribution in [0.25, 0.3) is 22.6 Å². The van der Waals surface area contributed by atoms with Crippen LogP contribution < -0.4 is 0 Å². The van der Waals surface area contributed by atoms with Gasteiger partial charge in [0.25, 0.3) is 0 Å². The summed E-state index contributed by atoms with van der Waals surface area (Å²) in [4.78, 5) is 23.9. The van der Waals surface area contributed by atoms with E-state index in [0.29, 0.717) is 11.3 Å². The zero-order valence-corrected chi connectivity index (χ0v) is 24.4. The van der Waals surface area contributed by atoms with E-state index >= 15 is 0 Å². The highest BCUT2D eigenvalue weighted by atomic mass is 32.2. The zero-order valence-electron chi connectivity index (χ0n) is 23.6. The average molecular weight is 616 g/mol. The van der Waals surface area contributed by atoms with Gasteiger partial charge in [0.1, 0.15) is 19.0 Å². The van der Waals surface area contributed by atoms with Crippen LogP contribution in [0.15, 0.2) is 140 Å². The van der Waals surface area contributed by atoms with E-state index in [1.807, 2.05) is 60.4 Å². The second kappa shape index (κ2) is 14.8. The highest BCUT2D eigenvalue weighted by molar-refractivity contribution is 8.13. The van der Waals surface area contributed by atoms with E-state index in [2.05, 4.69) is 79.7 Å². The summed E-state index contributed by atoms with van der Waals surface area (Å²) >= 11 is 1.80. The molecule has 0 aromatic carbocycles. The summed E-state index contributed by atoms with van der Waals surface area (Å²) < 4.78 is 6.58. The normalized spacial score (nSPS) is 15.6. The molecule has 0 fully saturated rings. The summed E-state index contributed by atoms with van der Waals surface area (Å²) in [5, 5.41) is 20.1. The summed E-state index contributed by atoms with van der Waals surface area (Å²) in [6.07, 6.45) is 26.9. The molecule has 45 heavy (non-hydrogen) atoms. The lowest BCUT2D eigenvalue weighted by molar-refractivity contribution is 0.799. The maximum atomic E-state index is 4.26. The summed E-state index contributed by atoms with van der Waals surface area (Å²) in [5.74, 6) is 0. The lowest BCUT2D eigenvalue weighted by Gasteiger charge is -2.10. The minimum atomic E-state index is 0.431. The molecule has 0 N–H and O–H groups in total. The van der Waals surface area contributed by atoms with E-state index in [1.165, 1.54) is 23.6 Å². The summed E-state index contributed by atoms with van der Waals surface area (Å²) in [5.41, 5.74) is 5.26. The maximum Gasteiger partial charge on any atom is 0.175 e. The fourth-order valence-corrected chi connectivity index (χ4v) is 4.75. The van der Waals surface area contributed by atoms with Gasteiger partial charge < -0.3 is 0 Å². The molecule has 8 aromatic heterocycles. The molecule has 1 aliphatic heterocycles. The van der Waals surface area contributed by atoms with Crippen molar-refractivity contribution in [1.82, 2.24) is 68.6 Å². The Morgan fingerprint density at radius 3 is 2.07 bits per heavy atom. The first kappa shape index (κ1) is 28.9. The van der Waals surface area contributed by atoms with E-state index in [9.17, 15) is 0 Å². The van der Waals surface area contributed by atoms with E-state index in [0.717, 1.165) is 22.6 Å². The number of thioether (sulfide) groups is 1. The van der Waals surface area contributed by atoms with Crippen LogP contribution in [0.5, 0.6) is 0 Å². The maximum absolute atomic E-state index is 4.26. The number of pyridine rings is 1. The summed E-state index contributed by atoms with van der Waals surface area (Å²) in [6, 6.07) is 13.6. The van der Waals surface area contributed by atoms with Gasteiger partial charge in [-0.05, 0) is 36.4 Å². The summed E-state index contributed by atoms with van der Waals surface area (Å²) in [7, 11) is 0. The Hall–Kier alpha value is -6.16. The lowest BCUT2D eigenvalue weighted by Crippen LogP contribution is -2.13. The molecule has 15 nitrogen and oxygen atoms in total. The molecule has 0 spiro atoms. The van der Waals surface area contributed by atoms with Crippen molar-refractivity contribution in [3.63, 3.8) is 0 Å². The standard InChI is InChI=1S/C7H7NS.2C6H5N3.2C5H4N4/c1-2-4-7-6(3-1)8-5-9-7;1-2-6-7-4-5-9(6)8-3-1;1-2-4-9-6(3-1)7-5-8-9;1-2-9-5(3-6-1)7-4-8-9;1-2-5-6-4-8-9(5)7-3-1/h1-7H;2*1-5H;2*1-4H. The minimum absolute atomic E-state index is 0.431. The predicted octanol–water partition coefficient (Wildman–Crippen LogP) is 3.33. The van der Waals surface area contributed by atoms with Gasteiger partial charge >= 0.3 is 0 Å². The molecule has 2 atom stereocenters. The third kappa shape index (κ3) is 7.82. The van der Waals surface area contributed by atoms with Crippen LogP contribution in [0.4, 0.5) is 0 Å². The highest BCUT2D eigenvalue weighted by Gasteiger charge is 2.20. The van der Waals surface area contributed by atoms with Crippen molar-refractivity contribution in [1.29, 1.82) is 0 Å². The number of aliphatic imine (C=N–C) groups is 1. The molecule has 0 bridgehead atoms. The van der Waals surface area contributed by atoms with Gasteiger partial charge in [0.15, 0.2) is 22.6 Å². The van der Waals surface area contributed by atoms with Crippen LogP contribution in [0.2, 0.25) is 0 Å². The molecule has 0 radical (unpaired) electrons. The van der Waals surface area contributed by atoms with E-state index in [1.54, 1.807) is 62.5 Å². The fourth-order valence-electron chi connectivity index (χ4n) is 3.89. The van der Waals surface area contributed by atoms with Gasteiger partial charge in [-0.3, -0.25) is 9.98 Å². The third-order valence-corrected chi connectivity index (χ3v) is 7.01. The van der Waals surface area contributed by atoms with Gasteiger partial charge in [-0.1, -0.05) is 30.4 Å². The van der Waals surface area contributed by atoms with Gasteiger partial charge in [0, 0.05) is 43.4 Å². The Morgan fingerprint density at radius 1 is 0.556 bits per heavy atom. The summed E-state index contributed by atoms with van der Waals surface area (Å²) in [6.45, 7) is 0. The minimum Gasteiger partial charge on any atom is -0.277 e. The van der Waals surface area contributed by atoms with Crippen molar-refractivity contribution in [2.24, 2.45) is 4.99 Å². The number of allylic oxidation sites excluding steroid dienone is 2. The second-order valence-corrected chi connectivity index (χ2v) is 9.93. The molecule has 1 aliphatic carbocycles. The van der Waals surface area contributed by atoms with E-state index in [-0.39, 0.29) is 0 Å². The second-order valence-electron chi connectivity index (χ2n) is 8.90. The Kier molecular flexibility index (Phi) is 9.54. The number of hydrogen-bond acceptors (Lipinski definition) is 12. The van der Waals surface area contributed by atoms with Crippen molar-refractivity contribution in [3.05, 3.63) is 135 Å². The fraction of sp³-hybridized carbons (Fsp3) is 0.0690. The Balaban J connectivity index is 0.0000000992. The third-order valence-electron chi connectivity index (χ3n) is 6.01. The Morgan fingerprint density at radius 2 is 1.24 bits per heavy atom. The molecule has 2 aliphatic rings. The van der Waals surface area contributed by atoms with Crippen LogP contribution >= 0.6 is 11.8 Å². The van der Waals surface area contributed by atoms with Crippen molar-refractivity contribution in [2.75, 3.05) is 0 Å². The van der Waals surface area contributed by atoms with E-state index in [4.69, 9.17) is 0 Å². The SMILES string of the molecule is C1=CC2N=CSC2C=C1.c1ccn2ncnc2c1.c1cn2ncnc2cn1.c1cnn2ccnc2c1.c1cnn2ncnc2c1. The smallest absolute Gasteiger partial charge is 0.175 e. The average Bonchev–Trinajstić information content (AvgIpc) is 3.95. The quantitative estimate of drug-likeness (QED) is 0.246. The number of hydrogen-bond donors (Lipinski definition) is 0. The van der Waals surface area contributed by atoms with Gasteiger partial charge in [0.2, 0.25) is 0 Å². The number of aromatic nitrogens is 14. The zero-order chi connectivity index (χ0) is 30.5. The molecular formula is C29H25N15S. The van der Waals surface area contributed by atoms with Gasteiger partial charge in [-0.2, -0.15) is 20.4 Å². The lowest BCUT2D eigenvalue weighted by atomic mass is 10.1. The molecule has 222 valence electrons. The Labute approximate surface area is 259 Å². The van der Waals surface area contributed by atoms with Crippen LogP contribution in [-0.2, 0) is 0 Å². The van der Waals surface area contributed by atoms with Crippen LogP contribution in [-0.4, -0.2) is 85.4 Å². The predicted molar refractivity (Wildman–Crippen MR) is 169 cm³/mol. The van der Waals surface area contributed by atoms with Crippen LogP contribution in [0, 0.1) is 0 Å². The largest absolute Gasteiger partial charge is 0.277 e. The molecule has 0 amide bonds. The topological polar surface area (TPSA) is 159 Å². The van der Waals surface area contributed by atoms with E-state index < -0.39 is 0 Å². The number of rotatable bonds is 0. The van der Waals surface area contributed by atoms with Crippen molar-refractivity contribution < 1.29 is 0 Å². The molecular weight excluding hydrogens is 590 g/mol.